The number of benzene rings is 1. The van der Waals surface area contributed by atoms with E-state index in [1.54, 1.807) is 12.3 Å². The van der Waals surface area contributed by atoms with E-state index in [0.29, 0.717) is 10.6 Å². The first-order chi connectivity index (χ1) is 9.20. The Kier molecular flexibility index (Phi) is 3.76. The maximum atomic E-state index is 12.1. The van der Waals surface area contributed by atoms with E-state index in [2.05, 4.69) is 0 Å². The zero-order valence-corrected chi connectivity index (χ0v) is 13.0. The van der Waals surface area contributed by atoms with Gasteiger partial charge in [0.05, 0.1) is 0 Å². The highest BCUT2D eigenvalue weighted by Crippen LogP contribution is 2.22. The van der Waals surface area contributed by atoms with Gasteiger partial charge in [-0.2, -0.15) is 0 Å². The minimum absolute atomic E-state index is 0.0375. The van der Waals surface area contributed by atoms with Gasteiger partial charge in [0.25, 0.3) is 0 Å². The van der Waals surface area contributed by atoms with Crippen LogP contribution >= 0.6 is 11.6 Å². The first kappa shape index (κ1) is 14.8. The molecule has 1 heterocycles. The summed E-state index contributed by atoms with van der Waals surface area (Å²) < 4.78 is 1.94. The van der Waals surface area contributed by atoms with Gasteiger partial charge in [-0.3, -0.25) is 4.79 Å². The second-order valence-electron chi connectivity index (χ2n) is 5.72. The minimum Gasteiger partial charge on any atom is -0.322 e. The molecule has 0 atom stereocenters. The summed E-state index contributed by atoms with van der Waals surface area (Å²) in [7, 11) is 0. The monoisotopic (exact) mass is 290 g/mol. The van der Waals surface area contributed by atoms with Crippen LogP contribution in [0.15, 0.2) is 35.3 Å². The number of aryl methyl sites for hydroxylation is 2. The van der Waals surface area contributed by atoms with Gasteiger partial charge in [-0.15, -0.1) is 0 Å². The predicted octanol–water partition coefficient (Wildman–Crippen LogP) is 3.30. The van der Waals surface area contributed by atoms with Crippen molar-refractivity contribution in [1.29, 1.82) is 0 Å². The van der Waals surface area contributed by atoms with Gasteiger partial charge in [0.1, 0.15) is 0 Å². The van der Waals surface area contributed by atoms with Gasteiger partial charge in [0, 0.05) is 39.8 Å². The highest BCUT2D eigenvalue weighted by atomic mass is 35.5. The number of nitrogens with two attached hydrogens (primary N) is 1. The quantitative estimate of drug-likeness (QED) is 0.922. The lowest BCUT2D eigenvalue weighted by molar-refractivity contribution is 0.544. The van der Waals surface area contributed by atoms with Crippen LogP contribution in [0, 0.1) is 13.8 Å². The van der Waals surface area contributed by atoms with Crippen LogP contribution < -0.4 is 11.2 Å². The molecular formula is C16H19ClN2O. The van der Waals surface area contributed by atoms with Crippen molar-refractivity contribution in [3.05, 3.63) is 62.5 Å². The molecule has 3 nitrogen and oxygen atoms in total. The molecule has 0 saturated heterocycles. The fourth-order valence-corrected chi connectivity index (χ4v) is 2.30. The first-order valence-corrected chi connectivity index (χ1v) is 6.87. The summed E-state index contributed by atoms with van der Waals surface area (Å²) in [5.41, 5.74) is 8.73. The molecule has 0 spiro atoms. The standard InChI is InChI=1S/C16H19ClN2O/c1-10-5-6-12(8-14(10)17)19-9-13(16(3,4)18)15(20)7-11(19)2/h5-9H,18H2,1-4H3. The Bertz CT molecular complexity index is 711. The lowest BCUT2D eigenvalue weighted by Gasteiger charge is -2.21. The zero-order chi connectivity index (χ0) is 15.1. The molecule has 0 bridgehead atoms. The fraction of sp³-hybridized carbons (Fsp3) is 0.312. The summed E-state index contributed by atoms with van der Waals surface area (Å²) in [6.07, 6.45) is 1.80. The van der Waals surface area contributed by atoms with Gasteiger partial charge in [-0.1, -0.05) is 17.7 Å². The zero-order valence-electron chi connectivity index (χ0n) is 12.2. The fourth-order valence-electron chi connectivity index (χ4n) is 2.13. The summed E-state index contributed by atoms with van der Waals surface area (Å²) in [5, 5.41) is 0.703. The van der Waals surface area contributed by atoms with E-state index in [-0.39, 0.29) is 5.43 Å². The molecule has 0 fully saturated rings. The van der Waals surface area contributed by atoms with Crippen LogP contribution in [-0.4, -0.2) is 4.57 Å². The molecule has 0 radical (unpaired) electrons. The van der Waals surface area contributed by atoms with Gasteiger partial charge in [0.15, 0.2) is 5.43 Å². The van der Waals surface area contributed by atoms with E-state index in [9.17, 15) is 4.79 Å². The molecule has 2 aromatic rings. The smallest absolute Gasteiger partial charge is 0.186 e. The van der Waals surface area contributed by atoms with Gasteiger partial charge in [-0.05, 0) is 45.4 Å². The minimum atomic E-state index is -0.680. The molecule has 1 aromatic heterocycles. The second-order valence-corrected chi connectivity index (χ2v) is 6.13. The molecule has 2 N–H and O–H groups in total. The normalized spacial score (nSPS) is 11.7. The van der Waals surface area contributed by atoms with E-state index in [0.717, 1.165) is 16.9 Å². The number of halogens is 1. The third-order valence-corrected chi connectivity index (χ3v) is 3.78. The molecule has 1 aromatic carbocycles. The molecule has 0 saturated carbocycles. The second kappa shape index (κ2) is 5.08. The van der Waals surface area contributed by atoms with Crippen molar-refractivity contribution in [2.75, 3.05) is 0 Å². The summed E-state index contributed by atoms with van der Waals surface area (Å²) in [6.45, 7) is 7.50. The predicted molar refractivity (Wildman–Crippen MR) is 83.7 cm³/mol. The van der Waals surface area contributed by atoms with Crippen molar-refractivity contribution in [3.8, 4) is 5.69 Å². The van der Waals surface area contributed by atoms with Crippen molar-refractivity contribution in [1.82, 2.24) is 4.57 Å². The van der Waals surface area contributed by atoms with Crippen LogP contribution in [0.1, 0.15) is 30.7 Å². The molecule has 106 valence electrons. The number of hydrogen-bond donors (Lipinski definition) is 1. The molecule has 0 amide bonds. The highest BCUT2D eigenvalue weighted by Gasteiger charge is 2.19. The van der Waals surface area contributed by atoms with Gasteiger partial charge in [-0.25, -0.2) is 0 Å². The molecule has 2 rings (SSSR count). The first-order valence-electron chi connectivity index (χ1n) is 6.49. The maximum absolute atomic E-state index is 12.1. The van der Waals surface area contributed by atoms with E-state index in [1.807, 2.05) is 50.5 Å². The largest absolute Gasteiger partial charge is 0.322 e. The number of nitrogens with zero attached hydrogens (tertiary/aromatic N) is 1. The molecule has 0 unspecified atom stereocenters. The third kappa shape index (κ3) is 2.79. The number of hydrogen-bond acceptors (Lipinski definition) is 2. The Hall–Kier alpha value is -1.58. The van der Waals surface area contributed by atoms with E-state index >= 15 is 0 Å². The molecule has 20 heavy (non-hydrogen) atoms. The third-order valence-electron chi connectivity index (χ3n) is 3.37. The lowest BCUT2D eigenvalue weighted by atomic mass is 9.96. The van der Waals surface area contributed by atoms with Crippen LogP contribution in [0.5, 0.6) is 0 Å². The van der Waals surface area contributed by atoms with Crippen LogP contribution in [0.3, 0.4) is 0 Å². The number of rotatable bonds is 2. The Morgan fingerprint density at radius 3 is 2.40 bits per heavy atom. The SMILES string of the molecule is Cc1ccc(-n2cc(C(C)(C)N)c(=O)cc2C)cc1Cl. The Balaban J connectivity index is 2.68. The van der Waals surface area contributed by atoms with Crippen molar-refractivity contribution < 1.29 is 0 Å². The van der Waals surface area contributed by atoms with E-state index < -0.39 is 5.54 Å². The summed E-state index contributed by atoms with van der Waals surface area (Å²) >= 11 is 6.18. The lowest BCUT2D eigenvalue weighted by Crippen LogP contribution is -2.35. The number of aromatic nitrogens is 1. The molecule has 0 aliphatic rings. The van der Waals surface area contributed by atoms with Gasteiger partial charge in [0.2, 0.25) is 0 Å². The van der Waals surface area contributed by atoms with E-state index in [4.69, 9.17) is 17.3 Å². The van der Waals surface area contributed by atoms with Crippen LogP contribution in [-0.2, 0) is 5.54 Å². The van der Waals surface area contributed by atoms with E-state index in [1.165, 1.54) is 0 Å². The average Bonchev–Trinajstić information content (AvgIpc) is 2.31. The molecule has 4 heteroatoms. The van der Waals surface area contributed by atoms with Gasteiger partial charge < -0.3 is 10.3 Å². The van der Waals surface area contributed by atoms with Crippen LogP contribution in [0.25, 0.3) is 5.69 Å². The summed E-state index contributed by atoms with van der Waals surface area (Å²) in [4.78, 5) is 12.1. The van der Waals surface area contributed by atoms with Crippen LogP contribution in [0.2, 0.25) is 5.02 Å². The maximum Gasteiger partial charge on any atom is 0.186 e. The molecule has 0 aliphatic carbocycles. The Morgan fingerprint density at radius 2 is 1.85 bits per heavy atom. The number of pyridine rings is 1. The molecule has 0 aliphatic heterocycles. The molecular weight excluding hydrogens is 272 g/mol. The van der Waals surface area contributed by atoms with Crippen molar-refractivity contribution in [2.24, 2.45) is 5.73 Å². The summed E-state index contributed by atoms with van der Waals surface area (Å²) in [5.74, 6) is 0. The van der Waals surface area contributed by atoms with Crippen molar-refractivity contribution >= 4 is 11.6 Å². The highest BCUT2D eigenvalue weighted by molar-refractivity contribution is 6.31. The van der Waals surface area contributed by atoms with Gasteiger partial charge >= 0.3 is 0 Å². The Morgan fingerprint density at radius 1 is 1.20 bits per heavy atom. The average molecular weight is 291 g/mol. The Labute approximate surface area is 124 Å². The van der Waals surface area contributed by atoms with Crippen molar-refractivity contribution in [2.45, 2.75) is 33.2 Å². The van der Waals surface area contributed by atoms with Crippen LogP contribution in [0.4, 0.5) is 0 Å². The topological polar surface area (TPSA) is 48.0 Å². The summed E-state index contributed by atoms with van der Waals surface area (Å²) in [6, 6.07) is 7.44. The van der Waals surface area contributed by atoms with Crippen molar-refractivity contribution in [3.63, 3.8) is 0 Å².